The van der Waals surface area contributed by atoms with Crippen molar-refractivity contribution in [1.29, 1.82) is 0 Å². The van der Waals surface area contributed by atoms with Crippen LogP contribution < -0.4 is 15.0 Å². The summed E-state index contributed by atoms with van der Waals surface area (Å²) >= 11 is 0. The summed E-state index contributed by atoms with van der Waals surface area (Å²) in [4.78, 5) is 15.2. The summed E-state index contributed by atoms with van der Waals surface area (Å²) in [6.45, 7) is 4.99. The summed E-state index contributed by atoms with van der Waals surface area (Å²) in [6, 6.07) is 15.1. The number of carbonyl (C=O) groups excluding carboxylic acids is 1. The summed E-state index contributed by atoms with van der Waals surface area (Å²) in [5, 5.41) is 2.86. The summed E-state index contributed by atoms with van der Waals surface area (Å²) in [5.74, 6) is 0.169. The van der Waals surface area contributed by atoms with Gasteiger partial charge in [0.25, 0.3) is 5.91 Å². The molecule has 2 aromatic carbocycles. The summed E-state index contributed by atoms with van der Waals surface area (Å²) in [5.41, 5.74) is 3.08. The van der Waals surface area contributed by atoms with Crippen LogP contribution in [0.15, 0.2) is 64.7 Å². The summed E-state index contributed by atoms with van der Waals surface area (Å²) < 4.78 is 40.8. The third-order valence-electron chi connectivity index (χ3n) is 5.74. The van der Waals surface area contributed by atoms with Crippen LogP contribution in [0.4, 0.5) is 5.69 Å². The van der Waals surface area contributed by atoms with Gasteiger partial charge < -0.3 is 19.7 Å². The molecule has 34 heavy (non-hydrogen) atoms. The number of anilines is 1. The molecule has 0 saturated carbocycles. The maximum Gasteiger partial charge on any atom is 0.344 e. The zero-order chi connectivity index (χ0) is 24.1. The van der Waals surface area contributed by atoms with Crippen molar-refractivity contribution in [3.63, 3.8) is 0 Å². The molecule has 180 valence electrons. The number of ether oxygens (including phenoxy) is 2. The number of rotatable bonds is 7. The number of benzene rings is 2. The zero-order valence-corrected chi connectivity index (χ0v) is 20.0. The number of hydrogen-bond donors (Lipinski definition) is 1. The average molecular weight is 485 g/mol. The quantitative estimate of drug-likeness (QED) is 0.647. The van der Waals surface area contributed by atoms with Crippen LogP contribution in [0, 0.1) is 0 Å². The number of methoxy groups -OCH3 is 1. The first kappa shape index (κ1) is 23.8. The minimum absolute atomic E-state index is 0.00289. The lowest BCUT2D eigenvalue weighted by molar-refractivity contribution is -0.117. The van der Waals surface area contributed by atoms with Crippen molar-refractivity contribution in [1.82, 2.24) is 9.62 Å². The number of nitrogens with zero attached hydrogens (tertiary/aromatic N) is 3. The van der Waals surface area contributed by atoms with Crippen LogP contribution in [0.25, 0.3) is 0 Å². The molecule has 0 aliphatic carbocycles. The molecule has 9 nitrogen and oxygen atoms in total. The first-order chi connectivity index (χ1) is 16.4. The molecule has 1 saturated heterocycles. The molecule has 1 fully saturated rings. The molecule has 0 bridgehead atoms. The minimum atomic E-state index is -3.95. The highest BCUT2D eigenvalue weighted by Crippen LogP contribution is 2.24. The highest BCUT2D eigenvalue weighted by molar-refractivity contribution is 7.88. The normalized spacial score (nSPS) is 17.6. The van der Waals surface area contributed by atoms with Crippen molar-refractivity contribution in [2.24, 2.45) is 4.40 Å². The molecule has 2 aliphatic rings. The zero-order valence-electron chi connectivity index (χ0n) is 19.2. The molecule has 2 aromatic rings. The van der Waals surface area contributed by atoms with Crippen molar-refractivity contribution in [2.45, 2.75) is 20.0 Å². The first-order valence-corrected chi connectivity index (χ1v) is 12.4. The predicted octanol–water partition coefficient (Wildman–Crippen LogP) is 2.25. The standard InChI is InChI=1S/C24H28N4O5S/c1-18-22(17-28(34(30,31)26-18)16-20-5-3-4-6-23(20)32-2)24(29)25-15-19-7-9-21(10-8-19)27-11-13-33-14-12-27/h3-10,17H,11-16H2,1-2H3,(H,25,29). The van der Waals surface area contributed by atoms with E-state index in [0.29, 0.717) is 17.9 Å². The van der Waals surface area contributed by atoms with E-state index in [1.807, 2.05) is 24.3 Å². The van der Waals surface area contributed by atoms with Gasteiger partial charge in [-0.25, -0.2) is 0 Å². The predicted molar refractivity (Wildman–Crippen MR) is 130 cm³/mol. The first-order valence-electron chi connectivity index (χ1n) is 11.0. The number of nitrogens with one attached hydrogen (secondary N) is 1. The highest BCUT2D eigenvalue weighted by atomic mass is 32.2. The molecule has 0 unspecified atom stereocenters. The topological polar surface area (TPSA) is 101 Å². The van der Waals surface area contributed by atoms with Crippen molar-refractivity contribution in [2.75, 3.05) is 38.3 Å². The SMILES string of the molecule is COc1ccccc1CN1C=C(C(=O)NCc2ccc(N3CCOCC3)cc2)C(C)=NS1(=O)=O. The molecule has 0 aromatic heterocycles. The molecule has 2 heterocycles. The maximum absolute atomic E-state index is 12.9. The Labute approximate surface area is 199 Å². The van der Waals surface area contributed by atoms with E-state index in [1.54, 1.807) is 24.3 Å². The van der Waals surface area contributed by atoms with Gasteiger partial charge >= 0.3 is 10.2 Å². The molecular formula is C24H28N4O5S. The van der Waals surface area contributed by atoms with Crippen LogP contribution in [0.3, 0.4) is 0 Å². The largest absolute Gasteiger partial charge is 0.496 e. The van der Waals surface area contributed by atoms with E-state index in [9.17, 15) is 13.2 Å². The number of amides is 1. The highest BCUT2D eigenvalue weighted by Gasteiger charge is 2.28. The number of hydrogen-bond acceptors (Lipinski definition) is 6. The second kappa shape index (κ2) is 10.3. The Hall–Kier alpha value is -3.37. The van der Waals surface area contributed by atoms with Crippen LogP contribution >= 0.6 is 0 Å². The van der Waals surface area contributed by atoms with E-state index >= 15 is 0 Å². The summed E-state index contributed by atoms with van der Waals surface area (Å²) in [7, 11) is -2.43. The second-order valence-corrected chi connectivity index (χ2v) is 9.55. The smallest absolute Gasteiger partial charge is 0.344 e. The third kappa shape index (κ3) is 5.40. The van der Waals surface area contributed by atoms with Crippen molar-refractivity contribution >= 4 is 27.5 Å². The van der Waals surface area contributed by atoms with Gasteiger partial charge in [-0.15, -0.1) is 4.40 Å². The molecule has 0 spiro atoms. The van der Waals surface area contributed by atoms with Gasteiger partial charge in [-0.1, -0.05) is 30.3 Å². The monoisotopic (exact) mass is 484 g/mol. The van der Waals surface area contributed by atoms with E-state index in [4.69, 9.17) is 9.47 Å². The molecule has 4 rings (SSSR count). The minimum Gasteiger partial charge on any atom is -0.496 e. The van der Waals surface area contributed by atoms with Gasteiger partial charge in [0.1, 0.15) is 5.75 Å². The molecule has 2 aliphatic heterocycles. The van der Waals surface area contributed by atoms with Crippen molar-refractivity contribution in [3.8, 4) is 5.75 Å². The van der Waals surface area contributed by atoms with Crippen molar-refractivity contribution in [3.05, 3.63) is 71.4 Å². The lowest BCUT2D eigenvalue weighted by Crippen LogP contribution is -2.36. The van der Waals surface area contributed by atoms with E-state index in [-0.39, 0.29) is 17.8 Å². The van der Waals surface area contributed by atoms with Gasteiger partial charge in [-0.3, -0.25) is 9.10 Å². The molecule has 10 heteroatoms. The fraction of sp³-hybridized carbons (Fsp3) is 0.333. The Morgan fingerprint density at radius 2 is 1.82 bits per heavy atom. The van der Waals surface area contributed by atoms with E-state index in [2.05, 4.69) is 14.6 Å². The van der Waals surface area contributed by atoms with Crippen LogP contribution in [0.1, 0.15) is 18.1 Å². The van der Waals surface area contributed by atoms with E-state index in [0.717, 1.165) is 41.9 Å². The number of para-hydroxylation sites is 1. The second-order valence-electron chi connectivity index (χ2n) is 8.00. The Bertz CT molecular complexity index is 1200. The van der Waals surface area contributed by atoms with Crippen LogP contribution in [0.2, 0.25) is 0 Å². The van der Waals surface area contributed by atoms with Crippen molar-refractivity contribution < 1.29 is 22.7 Å². The molecule has 0 radical (unpaired) electrons. The number of morpholine rings is 1. The lowest BCUT2D eigenvalue weighted by Gasteiger charge is -2.29. The third-order valence-corrected chi connectivity index (χ3v) is 7.07. The maximum atomic E-state index is 12.9. The Morgan fingerprint density at radius 1 is 1.12 bits per heavy atom. The van der Waals surface area contributed by atoms with E-state index < -0.39 is 16.1 Å². The molecule has 1 amide bonds. The van der Waals surface area contributed by atoms with Gasteiger partial charge in [-0.05, 0) is 30.7 Å². The lowest BCUT2D eigenvalue weighted by atomic mass is 10.1. The number of carbonyl (C=O) groups is 1. The van der Waals surface area contributed by atoms with Crippen LogP contribution in [-0.2, 0) is 32.8 Å². The van der Waals surface area contributed by atoms with Gasteiger partial charge in [-0.2, -0.15) is 8.42 Å². The Morgan fingerprint density at radius 3 is 2.53 bits per heavy atom. The Kier molecular flexibility index (Phi) is 7.18. The van der Waals surface area contributed by atoms with Gasteiger partial charge in [0, 0.05) is 37.1 Å². The fourth-order valence-electron chi connectivity index (χ4n) is 3.85. The van der Waals surface area contributed by atoms with Gasteiger partial charge in [0.2, 0.25) is 0 Å². The van der Waals surface area contributed by atoms with Crippen LogP contribution in [-0.4, -0.2) is 57.8 Å². The van der Waals surface area contributed by atoms with E-state index in [1.165, 1.54) is 20.2 Å². The molecular weight excluding hydrogens is 456 g/mol. The fourth-order valence-corrected chi connectivity index (χ4v) is 4.94. The van der Waals surface area contributed by atoms with Crippen LogP contribution in [0.5, 0.6) is 5.75 Å². The summed E-state index contributed by atoms with van der Waals surface area (Å²) in [6.07, 6.45) is 1.33. The molecule has 1 N–H and O–H groups in total. The molecule has 0 atom stereocenters. The van der Waals surface area contributed by atoms with Gasteiger partial charge in [0.05, 0.1) is 38.2 Å². The van der Waals surface area contributed by atoms with Gasteiger partial charge in [0.15, 0.2) is 0 Å². The average Bonchev–Trinajstić information content (AvgIpc) is 2.85. The Balaban J connectivity index is 1.44.